The van der Waals surface area contributed by atoms with Crippen molar-refractivity contribution in [3.8, 4) is 0 Å². The van der Waals surface area contributed by atoms with Crippen molar-refractivity contribution in [1.82, 2.24) is 0 Å². The molecule has 0 aliphatic heterocycles. The molecule has 0 spiro atoms. The number of likely N-dealkylation sites (N-methyl/N-ethyl adjacent to an activating group) is 1. The van der Waals surface area contributed by atoms with Gasteiger partial charge in [-0.1, -0.05) is 212 Å². The fraction of sp³-hybridized carbons (Fsp3) is 0.922. The van der Waals surface area contributed by atoms with E-state index in [1.165, 1.54) is 161 Å². The normalized spacial score (nSPS) is 13.5. The molecule has 2 unspecified atom stereocenters. The molecule has 0 bridgehead atoms. The highest BCUT2D eigenvalue weighted by atomic mass is 31.2. The number of quaternary nitrogens is 1. The van der Waals surface area contributed by atoms with Crippen molar-refractivity contribution in [1.29, 1.82) is 0 Å². The Labute approximate surface area is 377 Å². The number of phosphoric acid groups is 1. The van der Waals surface area contributed by atoms with Gasteiger partial charge in [-0.15, -0.1) is 0 Å². The van der Waals surface area contributed by atoms with Gasteiger partial charge in [-0.05, 0) is 38.5 Å². The average molecular weight is 886 g/mol. The number of esters is 2. The molecule has 0 aromatic heterocycles. The van der Waals surface area contributed by atoms with Crippen LogP contribution in [0.15, 0.2) is 12.2 Å². The molecule has 0 fully saturated rings. The van der Waals surface area contributed by atoms with Gasteiger partial charge in [-0.2, -0.15) is 0 Å². The van der Waals surface area contributed by atoms with Gasteiger partial charge in [0, 0.05) is 12.8 Å². The second-order valence-corrected chi connectivity index (χ2v) is 20.3. The molecule has 0 saturated carbocycles. The van der Waals surface area contributed by atoms with Crippen molar-refractivity contribution in [2.24, 2.45) is 0 Å². The van der Waals surface area contributed by atoms with Gasteiger partial charge in [0.2, 0.25) is 0 Å². The lowest BCUT2D eigenvalue weighted by Crippen LogP contribution is -2.37. The Hall–Kier alpha value is -1.25. The lowest BCUT2D eigenvalue weighted by molar-refractivity contribution is -0.870. The zero-order valence-corrected chi connectivity index (χ0v) is 41.8. The van der Waals surface area contributed by atoms with E-state index < -0.39 is 26.5 Å². The van der Waals surface area contributed by atoms with Gasteiger partial charge in [-0.3, -0.25) is 14.2 Å². The molecule has 0 amide bonds. The van der Waals surface area contributed by atoms with E-state index in [0.717, 1.165) is 57.8 Å². The minimum atomic E-state index is -4.62. The molecule has 0 rings (SSSR count). The van der Waals surface area contributed by atoms with Crippen LogP contribution in [-0.2, 0) is 32.7 Å². The summed E-state index contributed by atoms with van der Waals surface area (Å²) in [5.74, 6) is -0.831. The summed E-state index contributed by atoms with van der Waals surface area (Å²) in [6.07, 6.45) is 48.3. The van der Waals surface area contributed by atoms with Gasteiger partial charge in [0.05, 0.1) is 27.7 Å². The fourth-order valence-corrected chi connectivity index (χ4v) is 8.20. The number of carbonyl (C=O) groups is 2. The first-order chi connectivity index (χ1) is 29.5. The molecule has 0 aliphatic carbocycles. The summed E-state index contributed by atoms with van der Waals surface area (Å²) in [4.78, 5) is 37.6. The highest BCUT2D eigenvalue weighted by Gasteiger charge is 2.21. The van der Waals surface area contributed by atoms with E-state index in [2.05, 4.69) is 26.0 Å². The maximum absolute atomic E-state index is 12.7. The van der Waals surface area contributed by atoms with Crippen LogP contribution >= 0.6 is 7.82 Å². The van der Waals surface area contributed by atoms with Gasteiger partial charge in [0.15, 0.2) is 6.10 Å². The minimum absolute atomic E-state index is 0.0292. The Balaban J connectivity index is 4.08. The van der Waals surface area contributed by atoms with Gasteiger partial charge in [0.25, 0.3) is 7.82 Å². The molecule has 0 radical (unpaired) electrons. The minimum Gasteiger partial charge on any atom is -0.756 e. The third-order valence-corrected chi connectivity index (χ3v) is 12.5. The molecule has 0 aromatic rings. The van der Waals surface area contributed by atoms with Crippen LogP contribution in [0.4, 0.5) is 0 Å². The van der Waals surface area contributed by atoms with Gasteiger partial charge in [0.1, 0.15) is 19.8 Å². The number of unbranched alkanes of at least 4 members (excludes halogenated alkanes) is 32. The van der Waals surface area contributed by atoms with E-state index >= 15 is 0 Å². The summed E-state index contributed by atoms with van der Waals surface area (Å²) in [7, 11) is 1.17. The number of nitrogens with zero attached hydrogens (tertiary/aromatic N) is 1. The zero-order valence-electron chi connectivity index (χ0n) is 40.9. The first-order valence-corrected chi connectivity index (χ1v) is 27.4. The largest absolute Gasteiger partial charge is 0.756 e. The number of ether oxygens (including phenoxy) is 2. The first kappa shape index (κ1) is 59.8. The van der Waals surface area contributed by atoms with Crippen molar-refractivity contribution in [2.75, 3.05) is 47.5 Å². The summed E-state index contributed by atoms with van der Waals surface area (Å²) in [6, 6.07) is 0. The first-order valence-electron chi connectivity index (χ1n) is 25.9. The Morgan fingerprint density at radius 2 is 0.836 bits per heavy atom. The number of rotatable bonds is 48. The molecular weight excluding hydrogens is 786 g/mol. The van der Waals surface area contributed by atoms with Gasteiger partial charge in [-0.25, -0.2) is 0 Å². The third kappa shape index (κ3) is 48.1. The monoisotopic (exact) mass is 886 g/mol. The maximum atomic E-state index is 12.7. The van der Waals surface area contributed by atoms with Crippen LogP contribution in [0.5, 0.6) is 0 Å². The number of carbonyl (C=O) groups excluding carboxylic acids is 2. The Kier molecular flexibility index (Phi) is 43.1. The fourth-order valence-electron chi connectivity index (χ4n) is 7.48. The number of allylic oxidation sites excluding steroid dienone is 2. The van der Waals surface area contributed by atoms with Crippen LogP contribution in [0.1, 0.15) is 251 Å². The molecule has 0 N–H and O–H groups in total. The predicted molar refractivity (Wildman–Crippen MR) is 255 cm³/mol. The van der Waals surface area contributed by atoms with Crippen molar-refractivity contribution < 1.29 is 42.1 Å². The highest BCUT2D eigenvalue weighted by molar-refractivity contribution is 7.45. The van der Waals surface area contributed by atoms with Crippen molar-refractivity contribution in [2.45, 2.75) is 258 Å². The van der Waals surface area contributed by atoms with Crippen LogP contribution in [0.2, 0.25) is 0 Å². The third-order valence-electron chi connectivity index (χ3n) is 11.5. The Bertz CT molecular complexity index is 1050. The topological polar surface area (TPSA) is 111 Å². The molecule has 362 valence electrons. The van der Waals surface area contributed by atoms with E-state index in [9.17, 15) is 19.0 Å². The molecule has 0 aromatic carbocycles. The quantitative estimate of drug-likeness (QED) is 0.0195. The highest BCUT2D eigenvalue weighted by Crippen LogP contribution is 2.38. The summed E-state index contributed by atoms with van der Waals surface area (Å²) in [5.41, 5.74) is 0. The molecule has 2 atom stereocenters. The second kappa shape index (κ2) is 44.0. The van der Waals surface area contributed by atoms with Crippen molar-refractivity contribution >= 4 is 19.8 Å². The molecule has 0 heterocycles. The standard InChI is InChI=1S/C51H100NO8P/c1-6-8-10-12-14-16-18-20-21-22-23-24-25-26-27-28-29-30-31-32-34-35-37-39-41-43-50(53)57-47-49(48-59-61(55,56)58-46-45-52(3,4)5)60-51(54)44-42-40-38-36-33-19-17-15-13-11-9-7-2/h15,17,49H,6-14,16,18-48H2,1-5H3/b17-15-. The molecule has 9 nitrogen and oxygen atoms in total. The van der Waals surface area contributed by atoms with Crippen LogP contribution in [0.3, 0.4) is 0 Å². The number of phosphoric ester groups is 1. The Morgan fingerprint density at radius 1 is 0.492 bits per heavy atom. The van der Waals surface area contributed by atoms with E-state index in [4.69, 9.17) is 18.5 Å². The lowest BCUT2D eigenvalue weighted by Gasteiger charge is -2.28. The van der Waals surface area contributed by atoms with E-state index in [0.29, 0.717) is 17.4 Å². The number of hydrogen-bond donors (Lipinski definition) is 0. The SMILES string of the molecule is CCCCC/C=C\CCCCCCCC(=O)OC(COC(=O)CCCCCCCCCCCCCCCCCCCCCCCCCCC)COP(=O)([O-])OCC[N+](C)(C)C. The van der Waals surface area contributed by atoms with Crippen molar-refractivity contribution in [3.63, 3.8) is 0 Å². The van der Waals surface area contributed by atoms with Gasteiger partial charge >= 0.3 is 11.9 Å². The lowest BCUT2D eigenvalue weighted by atomic mass is 10.0. The Morgan fingerprint density at radius 3 is 1.25 bits per heavy atom. The predicted octanol–water partition coefficient (Wildman–Crippen LogP) is 14.7. The second-order valence-electron chi connectivity index (χ2n) is 18.9. The molecule has 10 heteroatoms. The summed E-state index contributed by atoms with van der Waals surface area (Å²) in [6.45, 7) is 4.23. The molecule has 61 heavy (non-hydrogen) atoms. The van der Waals surface area contributed by atoms with Crippen LogP contribution in [0, 0.1) is 0 Å². The molecular formula is C51H100NO8P. The van der Waals surface area contributed by atoms with Crippen LogP contribution in [0.25, 0.3) is 0 Å². The van der Waals surface area contributed by atoms with Gasteiger partial charge < -0.3 is 27.9 Å². The summed E-state index contributed by atoms with van der Waals surface area (Å²) < 4.78 is 34.0. The molecule has 0 saturated heterocycles. The smallest absolute Gasteiger partial charge is 0.306 e. The zero-order chi connectivity index (χ0) is 45.0. The molecule has 0 aliphatic rings. The van der Waals surface area contributed by atoms with Crippen molar-refractivity contribution in [3.05, 3.63) is 12.2 Å². The summed E-state index contributed by atoms with van der Waals surface area (Å²) >= 11 is 0. The van der Waals surface area contributed by atoms with E-state index in [1.807, 2.05) is 21.1 Å². The average Bonchev–Trinajstić information content (AvgIpc) is 3.21. The maximum Gasteiger partial charge on any atom is 0.306 e. The van der Waals surface area contributed by atoms with Crippen LogP contribution in [-0.4, -0.2) is 70.0 Å². The number of hydrogen-bond acceptors (Lipinski definition) is 8. The summed E-state index contributed by atoms with van der Waals surface area (Å²) in [5, 5.41) is 0. The van der Waals surface area contributed by atoms with E-state index in [1.54, 1.807) is 0 Å². The van der Waals surface area contributed by atoms with E-state index in [-0.39, 0.29) is 32.0 Å². The van der Waals surface area contributed by atoms with Crippen LogP contribution < -0.4 is 4.89 Å².